The molecule has 1 aromatic rings. The van der Waals surface area contributed by atoms with Crippen LogP contribution in [0.3, 0.4) is 0 Å². The highest BCUT2D eigenvalue weighted by molar-refractivity contribution is 5.70. The van der Waals surface area contributed by atoms with Crippen molar-refractivity contribution in [3.05, 3.63) is 35.4 Å². The van der Waals surface area contributed by atoms with Gasteiger partial charge in [0.1, 0.15) is 0 Å². The maximum absolute atomic E-state index is 11.8. The lowest BCUT2D eigenvalue weighted by Crippen LogP contribution is -2.28. The molecule has 1 aliphatic heterocycles. The van der Waals surface area contributed by atoms with Crippen molar-refractivity contribution in [3.63, 3.8) is 0 Å². The van der Waals surface area contributed by atoms with E-state index in [4.69, 9.17) is 4.74 Å². The predicted octanol–water partition coefficient (Wildman–Crippen LogP) is 3.09. The van der Waals surface area contributed by atoms with Gasteiger partial charge in [-0.3, -0.25) is 9.69 Å². The van der Waals surface area contributed by atoms with Gasteiger partial charge in [-0.05, 0) is 50.9 Å². The number of hydrogen-bond donors (Lipinski definition) is 0. The van der Waals surface area contributed by atoms with Crippen LogP contribution in [-0.2, 0) is 9.53 Å². The van der Waals surface area contributed by atoms with Crippen LogP contribution < -0.4 is 0 Å². The Bertz CT molecular complexity index is 425. The zero-order valence-corrected chi connectivity index (χ0v) is 11.9. The van der Waals surface area contributed by atoms with Gasteiger partial charge >= 0.3 is 5.97 Å². The van der Waals surface area contributed by atoms with Gasteiger partial charge in [-0.2, -0.15) is 0 Å². The number of rotatable bonds is 5. The minimum absolute atomic E-state index is 0.0948. The Labute approximate surface area is 115 Å². The molecule has 2 rings (SSSR count). The summed E-state index contributed by atoms with van der Waals surface area (Å²) in [6.45, 7) is 6.59. The van der Waals surface area contributed by atoms with Crippen LogP contribution in [0.5, 0.6) is 0 Å². The lowest BCUT2D eigenvalue weighted by molar-refractivity contribution is -0.144. The Hall–Kier alpha value is -1.35. The second kappa shape index (κ2) is 6.71. The molecule has 104 valence electrons. The first kappa shape index (κ1) is 14.1. The van der Waals surface area contributed by atoms with E-state index in [-0.39, 0.29) is 12.0 Å². The van der Waals surface area contributed by atoms with E-state index in [1.54, 1.807) is 0 Å². The van der Waals surface area contributed by atoms with Crippen molar-refractivity contribution in [2.24, 2.45) is 0 Å². The molecule has 0 radical (unpaired) electrons. The van der Waals surface area contributed by atoms with Gasteiger partial charge in [-0.1, -0.05) is 24.3 Å². The number of aryl methyl sites for hydroxylation is 1. The van der Waals surface area contributed by atoms with Crippen LogP contribution in [0.25, 0.3) is 0 Å². The lowest BCUT2D eigenvalue weighted by atomic mass is 9.97. The van der Waals surface area contributed by atoms with Gasteiger partial charge in [0.05, 0.1) is 13.0 Å². The Balaban J connectivity index is 2.18. The molecule has 1 heterocycles. The second-order valence-electron chi connectivity index (χ2n) is 5.12. The third-order valence-electron chi connectivity index (χ3n) is 3.79. The van der Waals surface area contributed by atoms with Crippen molar-refractivity contribution in [1.82, 2.24) is 4.90 Å². The molecule has 1 aromatic carbocycles. The average molecular weight is 261 g/mol. The molecule has 0 aliphatic carbocycles. The predicted molar refractivity (Wildman–Crippen MR) is 76.0 cm³/mol. The zero-order valence-electron chi connectivity index (χ0n) is 11.9. The highest BCUT2D eigenvalue weighted by Gasteiger charge is 2.27. The van der Waals surface area contributed by atoms with E-state index in [1.807, 2.05) is 13.0 Å². The molecule has 0 saturated carbocycles. The minimum Gasteiger partial charge on any atom is -0.466 e. The largest absolute Gasteiger partial charge is 0.466 e. The Morgan fingerprint density at radius 3 is 2.63 bits per heavy atom. The quantitative estimate of drug-likeness (QED) is 0.763. The summed E-state index contributed by atoms with van der Waals surface area (Å²) in [6, 6.07) is 8.52. The van der Waals surface area contributed by atoms with Crippen molar-refractivity contribution in [1.29, 1.82) is 0 Å². The van der Waals surface area contributed by atoms with Gasteiger partial charge in [0.15, 0.2) is 0 Å². The van der Waals surface area contributed by atoms with Crippen LogP contribution in [0.4, 0.5) is 0 Å². The summed E-state index contributed by atoms with van der Waals surface area (Å²) in [5.74, 6) is -0.0948. The number of hydrogen-bond acceptors (Lipinski definition) is 3. The van der Waals surface area contributed by atoms with Crippen molar-refractivity contribution >= 4 is 5.97 Å². The van der Waals surface area contributed by atoms with E-state index in [0.717, 1.165) is 13.1 Å². The lowest BCUT2D eigenvalue weighted by Gasteiger charge is -2.28. The van der Waals surface area contributed by atoms with E-state index in [1.165, 1.54) is 24.0 Å². The summed E-state index contributed by atoms with van der Waals surface area (Å²) >= 11 is 0. The normalized spacial score (nSPS) is 17.4. The standard InChI is InChI=1S/C16H23NO2/c1-3-19-16(18)12-15(17-10-6-7-11-17)14-9-5-4-8-13(14)2/h4-5,8-9,15H,3,6-7,10-12H2,1-2H3. The first-order valence-electron chi connectivity index (χ1n) is 7.17. The number of carbonyl (C=O) groups is 1. The molecule has 3 heteroatoms. The smallest absolute Gasteiger partial charge is 0.307 e. The molecule has 1 atom stereocenters. The minimum atomic E-state index is -0.0948. The van der Waals surface area contributed by atoms with Crippen molar-refractivity contribution in [3.8, 4) is 0 Å². The van der Waals surface area contributed by atoms with Crippen LogP contribution in [0.2, 0.25) is 0 Å². The molecule has 0 spiro atoms. The molecule has 0 N–H and O–H groups in total. The fourth-order valence-electron chi connectivity index (χ4n) is 2.83. The molecule has 19 heavy (non-hydrogen) atoms. The summed E-state index contributed by atoms with van der Waals surface area (Å²) in [4.78, 5) is 14.3. The maximum Gasteiger partial charge on any atom is 0.307 e. The number of benzene rings is 1. The van der Waals surface area contributed by atoms with Gasteiger partial charge in [0.2, 0.25) is 0 Å². The molecule has 0 aromatic heterocycles. The molecule has 0 amide bonds. The Morgan fingerprint density at radius 1 is 1.32 bits per heavy atom. The summed E-state index contributed by atoms with van der Waals surface area (Å²) in [5.41, 5.74) is 2.51. The van der Waals surface area contributed by atoms with Gasteiger partial charge in [0.25, 0.3) is 0 Å². The number of esters is 1. The molecule has 1 unspecified atom stereocenters. The fourth-order valence-corrected chi connectivity index (χ4v) is 2.83. The van der Waals surface area contributed by atoms with E-state index < -0.39 is 0 Å². The summed E-state index contributed by atoms with van der Waals surface area (Å²) < 4.78 is 5.13. The SMILES string of the molecule is CCOC(=O)CC(c1ccccc1C)N1CCCC1. The first-order chi connectivity index (χ1) is 9.22. The van der Waals surface area contributed by atoms with Crippen LogP contribution in [0.15, 0.2) is 24.3 Å². The molecule has 0 bridgehead atoms. The van der Waals surface area contributed by atoms with Crippen LogP contribution >= 0.6 is 0 Å². The highest BCUT2D eigenvalue weighted by atomic mass is 16.5. The Kier molecular flexibility index (Phi) is 4.97. The summed E-state index contributed by atoms with van der Waals surface area (Å²) in [6.07, 6.45) is 2.91. The van der Waals surface area contributed by atoms with E-state index in [9.17, 15) is 4.79 Å². The molecular formula is C16H23NO2. The highest BCUT2D eigenvalue weighted by Crippen LogP contribution is 2.30. The van der Waals surface area contributed by atoms with Crippen LogP contribution in [-0.4, -0.2) is 30.6 Å². The van der Waals surface area contributed by atoms with E-state index in [2.05, 4.69) is 30.0 Å². The number of likely N-dealkylation sites (tertiary alicyclic amines) is 1. The van der Waals surface area contributed by atoms with Crippen molar-refractivity contribution < 1.29 is 9.53 Å². The number of carbonyl (C=O) groups excluding carboxylic acids is 1. The van der Waals surface area contributed by atoms with Gasteiger partial charge in [-0.15, -0.1) is 0 Å². The molecule has 3 nitrogen and oxygen atoms in total. The van der Waals surface area contributed by atoms with Crippen molar-refractivity contribution in [2.45, 2.75) is 39.2 Å². The van der Waals surface area contributed by atoms with Gasteiger partial charge in [-0.25, -0.2) is 0 Å². The second-order valence-corrected chi connectivity index (χ2v) is 5.12. The average Bonchev–Trinajstić information content (AvgIpc) is 2.91. The third kappa shape index (κ3) is 3.57. The molecular weight excluding hydrogens is 238 g/mol. The molecule has 1 saturated heterocycles. The number of ether oxygens (including phenoxy) is 1. The maximum atomic E-state index is 11.8. The monoisotopic (exact) mass is 261 g/mol. The topological polar surface area (TPSA) is 29.5 Å². The van der Waals surface area contributed by atoms with Gasteiger partial charge in [0, 0.05) is 6.04 Å². The summed E-state index contributed by atoms with van der Waals surface area (Å²) in [7, 11) is 0. The van der Waals surface area contributed by atoms with E-state index in [0.29, 0.717) is 13.0 Å². The number of nitrogens with zero attached hydrogens (tertiary/aromatic N) is 1. The third-order valence-corrected chi connectivity index (χ3v) is 3.79. The van der Waals surface area contributed by atoms with Gasteiger partial charge < -0.3 is 4.74 Å². The Morgan fingerprint density at radius 2 is 2.00 bits per heavy atom. The fraction of sp³-hybridized carbons (Fsp3) is 0.562. The zero-order chi connectivity index (χ0) is 13.7. The van der Waals surface area contributed by atoms with E-state index >= 15 is 0 Å². The van der Waals surface area contributed by atoms with Crippen LogP contribution in [0.1, 0.15) is 43.4 Å². The molecule has 1 fully saturated rings. The molecule has 1 aliphatic rings. The first-order valence-corrected chi connectivity index (χ1v) is 7.17. The van der Waals surface area contributed by atoms with Crippen LogP contribution in [0, 0.1) is 6.92 Å². The summed E-state index contributed by atoms with van der Waals surface area (Å²) in [5, 5.41) is 0. The van der Waals surface area contributed by atoms with Crippen molar-refractivity contribution in [2.75, 3.05) is 19.7 Å².